The molecule has 4 heteroatoms. The van der Waals surface area contributed by atoms with Gasteiger partial charge in [0.25, 0.3) is 5.91 Å². The van der Waals surface area contributed by atoms with Gasteiger partial charge >= 0.3 is 0 Å². The lowest BCUT2D eigenvalue weighted by Crippen LogP contribution is -2.38. The van der Waals surface area contributed by atoms with Crippen LogP contribution < -0.4 is 0 Å². The van der Waals surface area contributed by atoms with Gasteiger partial charge in [-0.15, -0.1) is 0 Å². The Morgan fingerprint density at radius 1 is 1.50 bits per heavy atom. The van der Waals surface area contributed by atoms with E-state index in [1.807, 2.05) is 6.07 Å². The third kappa shape index (κ3) is 2.02. The molecule has 16 heavy (non-hydrogen) atoms. The monoisotopic (exact) mass is 234 g/mol. The van der Waals surface area contributed by atoms with Crippen LogP contribution in [0.3, 0.4) is 0 Å². The first-order valence-corrected chi connectivity index (χ1v) is 5.55. The van der Waals surface area contributed by atoms with Crippen molar-refractivity contribution in [2.45, 2.75) is 12.8 Å². The molecular formula is C12H11ClN2O. The molecule has 0 saturated heterocycles. The summed E-state index contributed by atoms with van der Waals surface area (Å²) in [5.74, 6) is -0.0148. The Morgan fingerprint density at radius 2 is 2.31 bits per heavy atom. The molecule has 0 unspecified atom stereocenters. The molecule has 1 aliphatic rings. The molecule has 0 aromatic heterocycles. The van der Waals surface area contributed by atoms with Crippen LogP contribution in [-0.2, 0) is 6.42 Å². The van der Waals surface area contributed by atoms with Crippen LogP contribution in [-0.4, -0.2) is 23.9 Å². The van der Waals surface area contributed by atoms with Crippen molar-refractivity contribution in [3.63, 3.8) is 0 Å². The van der Waals surface area contributed by atoms with Crippen LogP contribution in [0.4, 0.5) is 0 Å². The summed E-state index contributed by atoms with van der Waals surface area (Å²) in [6.07, 6.45) is 1.21. The number of carbonyl (C=O) groups excluding carboxylic acids is 1. The van der Waals surface area contributed by atoms with E-state index in [9.17, 15) is 4.79 Å². The molecule has 0 aliphatic carbocycles. The summed E-state index contributed by atoms with van der Waals surface area (Å²) in [5, 5.41) is 9.09. The molecule has 1 amide bonds. The minimum absolute atomic E-state index is 0.0148. The van der Waals surface area contributed by atoms with Crippen molar-refractivity contribution in [1.82, 2.24) is 4.90 Å². The number of rotatable bonds is 2. The van der Waals surface area contributed by atoms with E-state index < -0.39 is 0 Å². The second-order valence-corrected chi connectivity index (χ2v) is 4.19. The van der Waals surface area contributed by atoms with Crippen molar-refractivity contribution in [1.29, 1.82) is 5.26 Å². The first-order valence-electron chi connectivity index (χ1n) is 5.17. The normalized spacial score (nSPS) is 14.5. The third-order valence-corrected chi connectivity index (χ3v) is 2.97. The lowest BCUT2D eigenvalue weighted by molar-refractivity contribution is 0.0743. The summed E-state index contributed by atoms with van der Waals surface area (Å²) in [7, 11) is 0. The number of carbonyl (C=O) groups is 1. The second kappa shape index (κ2) is 4.54. The van der Waals surface area contributed by atoms with Crippen molar-refractivity contribution in [3.8, 4) is 6.07 Å². The molecule has 2 rings (SSSR count). The van der Waals surface area contributed by atoms with Crippen molar-refractivity contribution in [2.24, 2.45) is 0 Å². The van der Waals surface area contributed by atoms with Crippen LogP contribution in [0.5, 0.6) is 0 Å². The van der Waals surface area contributed by atoms with Gasteiger partial charge in [-0.2, -0.15) is 5.26 Å². The first kappa shape index (κ1) is 11.0. The first-order chi connectivity index (χ1) is 7.72. The lowest BCUT2D eigenvalue weighted by Gasteiger charge is -2.27. The van der Waals surface area contributed by atoms with E-state index in [1.54, 1.807) is 17.0 Å². The van der Waals surface area contributed by atoms with E-state index in [4.69, 9.17) is 16.9 Å². The number of hydrogen-bond acceptors (Lipinski definition) is 2. The number of fused-ring (bicyclic) bond motifs is 1. The van der Waals surface area contributed by atoms with Gasteiger partial charge in [0.2, 0.25) is 0 Å². The molecule has 0 saturated carbocycles. The fourth-order valence-corrected chi connectivity index (χ4v) is 2.06. The highest BCUT2D eigenvalue weighted by Crippen LogP contribution is 2.22. The molecule has 3 nitrogen and oxygen atoms in total. The summed E-state index contributed by atoms with van der Waals surface area (Å²) in [5.41, 5.74) is 1.72. The second-order valence-electron chi connectivity index (χ2n) is 3.75. The fraction of sp³-hybridized carbons (Fsp3) is 0.333. The van der Waals surface area contributed by atoms with Gasteiger partial charge in [-0.1, -0.05) is 17.7 Å². The van der Waals surface area contributed by atoms with Gasteiger partial charge in [0.15, 0.2) is 0 Å². The maximum atomic E-state index is 12.0. The quantitative estimate of drug-likeness (QED) is 0.788. The summed E-state index contributed by atoms with van der Waals surface area (Å²) in [6, 6.07) is 7.46. The highest BCUT2D eigenvalue weighted by atomic mass is 35.5. The van der Waals surface area contributed by atoms with Crippen LogP contribution in [0.1, 0.15) is 22.3 Å². The minimum Gasteiger partial charge on any atom is -0.337 e. The molecule has 1 heterocycles. The van der Waals surface area contributed by atoms with Gasteiger partial charge < -0.3 is 4.90 Å². The van der Waals surface area contributed by atoms with Crippen LogP contribution in [0.25, 0.3) is 0 Å². The Labute approximate surface area is 99.2 Å². The van der Waals surface area contributed by atoms with Gasteiger partial charge in [0.1, 0.15) is 0 Å². The van der Waals surface area contributed by atoms with E-state index in [-0.39, 0.29) is 5.91 Å². The maximum absolute atomic E-state index is 12.0. The number of amides is 1. The molecule has 0 bridgehead atoms. The van der Waals surface area contributed by atoms with E-state index >= 15 is 0 Å². The zero-order valence-electron chi connectivity index (χ0n) is 8.74. The number of hydrogen-bond donors (Lipinski definition) is 0. The molecule has 0 N–H and O–H groups in total. The summed E-state index contributed by atoms with van der Waals surface area (Å²) in [4.78, 5) is 13.7. The Hall–Kier alpha value is -1.53. The van der Waals surface area contributed by atoms with E-state index in [1.165, 1.54) is 0 Å². The highest BCUT2D eigenvalue weighted by molar-refractivity contribution is 6.31. The largest absolute Gasteiger partial charge is 0.337 e. The third-order valence-electron chi connectivity index (χ3n) is 2.73. The predicted molar refractivity (Wildman–Crippen MR) is 61.3 cm³/mol. The van der Waals surface area contributed by atoms with Gasteiger partial charge in [-0.25, -0.2) is 0 Å². The Bertz CT molecular complexity index is 465. The predicted octanol–water partition coefficient (Wildman–Crippen LogP) is 2.25. The zero-order valence-corrected chi connectivity index (χ0v) is 9.50. The molecule has 0 radical (unpaired) electrons. The number of halogens is 1. The topological polar surface area (TPSA) is 44.1 Å². The van der Waals surface area contributed by atoms with Crippen molar-refractivity contribution >= 4 is 17.5 Å². The van der Waals surface area contributed by atoms with Crippen LogP contribution in [0.15, 0.2) is 18.2 Å². The highest BCUT2D eigenvalue weighted by Gasteiger charge is 2.23. The number of nitrogens with zero attached hydrogens (tertiary/aromatic N) is 2. The molecule has 0 spiro atoms. The van der Waals surface area contributed by atoms with E-state index in [2.05, 4.69) is 6.07 Å². The van der Waals surface area contributed by atoms with Gasteiger partial charge in [0.05, 0.1) is 12.5 Å². The number of nitriles is 1. The molecule has 1 aliphatic heterocycles. The Morgan fingerprint density at radius 3 is 3.06 bits per heavy atom. The SMILES string of the molecule is N#CCCN1CCc2ccc(Cl)cc2C1=O. The van der Waals surface area contributed by atoms with Crippen LogP contribution in [0, 0.1) is 11.3 Å². The number of benzene rings is 1. The van der Waals surface area contributed by atoms with Gasteiger partial charge in [-0.3, -0.25) is 4.79 Å². The average Bonchev–Trinajstić information content (AvgIpc) is 2.29. The standard InChI is InChI=1S/C12H11ClN2O/c13-10-3-2-9-4-7-15(6-1-5-14)12(16)11(9)8-10/h2-3,8H,1,4,6-7H2. The van der Waals surface area contributed by atoms with E-state index in [0.717, 1.165) is 12.0 Å². The van der Waals surface area contributed by atoms with Crippen LogP contribution in [0.2, 0.25) is 5.02 Å². The van der Waals surface area contributed by atoms with Gasteiger partial charge in [-0.05, 0) is 24.1 Å². The molecule has 82 valence electrons. The molecule has 0 atom stereocenters. The van der Waals surface area contributed by atoms with Crippen molar-refractivity contribution in [3.05, 3.63) is 34.3 Å². The zero-order chi connectivity index (χ0) is 11.5. The van der Waals surface area contributed by atoms with Gasteiger partial charge in [0, 0.05) is 23.7 Å². The molecule has 1 aromatic rings. The Balaban J connectivity index is 2.24. The molecule has 0 fully saturated rings. The summed E-state index contributed by atoms with van der Waals surface area (Å²) in [6.45, 7) is 1.19. The van der Waals surface area contributed by atoms with E-state index in [0.29, 0.717) is 30.1 Å². The smallest absolute Gasteiger partial charge is 0.254 e. The van der Waals surface area contributed by atoms with Crippen molar-refractivity contribution < 1.29 is 4.79 Å². The summed E-state index contributed by atoms with van der Waals surface area (Å²) < 4.78 is 0. The Kier molecular flexibility index (Phi) is 3.12. The lowest BCUT2D eigenvalue weighted by atomic mass is 9.99. The molecule has 1 aromatic carbocycles. The van der Waals surface area contributed by atoms with Crippen LogP contribution >= 0.6 is 11.6 Å². The fourth-order valence-electron chi connectivity index (χ4n) is 1.89. The summed E-state index contributed by atoms with van der Waals surface area (Å²) >= 11 is 5.87. The average molecular weight is 235 g/mol. The van der Waals surface area contributed by atoms with Crippen molar-refractivity contribution in [2.75, 3.05) is 13.1 Å². The molecular weight excluding hydrogens is 224 g/mol. The minimum atomic E-state index is -0.0148. The maximum Gasteiger partial charge on any atom is 0.254 e.